The highest BCUT2D eigenvalue weighted by molar-refractivity contribution is 6.24. The number of rotatable bonds is 2. The molecule has 0 radical (unpaired) electrons. The highest BCUT2D eigenvalue weighted by atomic mass is 19.2. The molecule has 0 aliphatic carbocycles. The fourth-order valence-electron chi connectivity index (χ4n) is 2.34. The number of nitrogens with zero attached hydrogens (tertiary/aromatic N) is 1. The summed E-state index contributed by atoms with van der Waals surface area (Å²) in [6.07, 6.45) is 0. The fourth-order valence-corrected chi connectivity index (χ4v) is 2.34. The predicted molar refractivity (Wildman–Crippen MR) is 77.2 cm³/mol. The molecular formula is C16H10F2N2O3. The van der Waals surface area contributed by atoms with Crippen molar-refractivity contribution in [2.24, 2.45) is 0 Å². The predicted octanol–water partition coefficient (Wildman–Crippen LogP) is 2.44. The Morgan fingerprint density at radius 2 is 1.78 bits per heavy atom. The van der Waals surface area contributed by atoms with Crippen molar-refractivity contribution in [3.63, 3.8) is 0 Å². The highest BCUT2D eigenvalue weighted by Crippen LogP contribution is 2.28. The average Bonchev–Trinajstić information content (AvgIpc) is 2.75. The van der Waals surface area contributed by atoms with Crippen LogP contribution in [0.2, 0.25) is 0 Å². The van der Waals surface area contributed by atoms with E-state index < -0.39 is 29.4 Å². The first-order chi connectivity index (χ1) is 10.9. The van der Waals surface area contributed by atoms with E-state index in [2.05, 4.69) is 5.32 Å². The van der Waals surface area contributed by atoms with Gasteiger partial charge in [0, 0.05) is 12.6 Å². The second kappa shape index (κ2) is 5.28. The van der Waals surface area contributed by atoms with Crippen molar-refractivity contribution >= 4 is 23.4 Å². The molecule has 0 saturated heterocycles. The Morgan fingerprint density at radius 3 is 2.48 bits per heavy atom. The minimum atomic E-state index is -1.15. The van der Waals surface area contributed by atoms with E-state index in [0.29, 0.717) is 0 Å². The van der Waals surface area contributed by atoms with Crippen LogP contribution in [0.3, 0.4) is 0 Å². The van der Waals surface area contributed by atoms with Gasteiger partial charge in [0.05, 0.1) is 16.8 Å². The Bertz CT molecular complexity index is 864. The maximum Gasteiger partial charge on any atom is 0.263 e. The first-order valence-electron chi connectivity index (χ1n) is 6.62. The summed E-state index contributed by atoms with van der Waals surface area (Å²) in [6, 6.07) is 7.17. The van der Waals surface area contributed by atoms with Crippen LogP contribution in [-0.4, -0.2) is 29.7 Å². The summed E-state index contributed by atoms with van der Waals surface area (Å²) in [7, 11) is 1.34. The Labute approximate surface area is 129 Å². The van der Waals surface area contributed by atoms with Crippen LogP contribution in [0.15, 0.2) is 36.4 Å². The number of amides is 3. The van der Waals surface area contributed by atoms with Crippen LogP contribution in [0.5, 0.6) is 0 Å². The van der Waals surface area contributed by atoms with Crippen LogP contribution in [0.4, 0.5) is 14.5 Å². The largest absolute Gasteiger partial charge is 0.321 e. The van der Waals surface area contributed by atoms with Crippen LogP contribution in [-0.2, 0) is 0 Å². The molecule has 5 nitrogen and oxygen atoms in total. The first kappa shape index (κ1) is 14.8. The maximum atomic E-state index is 13.2. The summed E-state index contributed by atoms with van der Waals surface area (Å²) in [5, 5.41) is 2.45. The zero-order valence-corrected chi connectivity index (χ0v) is 11.9. The summed E-state index contributed by atoms with van der Waals surface area (Å²) in [5.41, 5.74) is 0.295. The average molecular weight is 316 g/mol. The molecule has 3 amide bonds. The van der Waals surface area contributed by atoms with Crippen LogP contribution in [0.25, 0.3) is 0 Å². The molecule has 116 valence electrons. The number of benzene rings is 2. The lowest BCUT2D eigenvalue weighted by atomic mass is 10.1. The van der Waals surface area contributed by atoms with Crippen molar-refractivity contribution in [2.45, 2.75) is 0 Å². The monoisotopic (exact) mass is 316 g/mol. The fraction of sp³-hybridized carbons (Fsp3) is 0.0625. The summed E-state index contributed by atoms with van der Waals surface area (Å²) in [6.45, 7) is 0. The lowest BCUT2D eigenvalue weighted by molar-refractivity contribution is 0.0693. The number of carbonyl (C=O) groups excluding carboxylic acids is 3. The van der Waals surface area contributed by atoms with E-state index in [-0.39, 0.29) is 22.4 Å². The van der Waals surface area contributed by atoms with Gasteiger partial charge in [-0.1, -0.05) is 6.07 Å². The number of carbonyl (C=O) groups is 3. The number of halogens is 2. The SMILES string of the molecule is CN1C(=O)c2cccc(NC(=O)c3ccc(F)c(F)c3)c2C1=O. The number of anilines is 1. The molecule has 1 aliphatic rings. The summed E-state index contributed by atoms with van der Waals surface area (Å²) >= 11 is 0. The lowest BCUT2D eigenvalue weighted by Crippen LogP contribution is -2.24. The number of nitrogens with one attached hydrogen (secondary N) is 1. The van der Waals surface area contributed by atoms with Gasteiger partial charge in [0.15, 0.2) is 11.6 Å². The van der Waals surface area contributed by atoms with Gasteiger partial charge in [0.25, 0.3) is 17.7 Å². The Balaban J connectivity index is 1.96. The Hall–Kier alpha value is -3.09. The van der Waals surface area contributed by atoms with Gasteiger partial charge in [0.1, 0.15) is 0 Å². The molecule has 0 fully saturated rings. The minimum Gasteiger partial charge on any atom is -0.321 e. The van der Waals surface area contributed by atoms with Crippen molar-refractivity contribution in [1.82, 2.24) is 4.90 Å². The second-order valence-electron chi connectivity index (χ2n) is 4.98. The highest BCUT2D eigenvalue weighted by Gasteiger charge is 2.35. The standard InChI is InChI=1S/C16H10F2N2O3/c1-20-15(22)9-3-2-4-12(13(9)16(20)23)19-14(21)8-5-6-10(17)11(18)7-8/h2-7H,1H3,(H,19,21). The zero-order valence-electron chi connectivity index (χ0n) is 11.9. The molecule has 0 saturated carbocycles. The van der Waals surface area contributed by atoms with Gasteiger partial charge in [-0.15, -0.1) is 0 Å². The van der Waals surface area contributed by atoms with Crippen molar-refractivity contribution in [3.8, 4) is 0 Å². The van der Waals surface area contributed by atoms with Crippen molar-refractivity contribution in [2.75, 3.05) is 12.4 Å². The smallest absolute Gasteiger partial charge is 0.263 e. The molecule has 0 unspecified atom stereocenters. The van der Waals surface area contributed by atoms with Crippen LogP contribution < -0.4 is 5.32 Å². The summed E-state index contributed by atoms with van der Waals surface area (Å²) < 4.78 is 26.1. The van der Waals surface area contributed by atoms with E-state index in [1.165, 1.54) is 25.2 Å². The molecule has 1 N–H and O–H groups in total. The zero-order chi connectivity index (χ0) is 16.7. The third kappa shape index (κ3) is 2.36. The number of imide groups is 1. The van der Waals surface area contributed by atoms with Gasteiger partial charge in [-0.3, -0.25) is 19.3 Å². The van der Waals surface area contributed by atoms with Gasteiger partial charge in [-0.2, -0.15) is 0 Å². The van der Waals surface area contributed by atoms with Gasteiger partial charge >= 0.3 is 0 Å². The third-order valence-electron chi connectivity index (χ3n) is 3.55. The van der Waals surface area contributed by atoms with Crippen molar-refractivity contribution in [1.29, 1.82) is 0 Å². The molecule has 0 spiro atoms. The van der Waals surface area contributed by atoms with Gasteiger partial charge in [-0.05, 0) is 30.3 Å². The Kier molecular flexibility index (Phi) is 3.40. The van der Waals surface area contributed by atoms with E-state index in [1.54, 1.807) is 0 Å². The lowest BCUT2D eigenvalue weighted by Gasteiger charge is -2.09. The molecule has 2 aromatic rings. The third-order valence-corrected chi connectivity index (χ3v) is 3.55. The number of hydrogen-bond donors (Lipinski definition) is 1. The molecular weight excluding hydrogens is 306 g/mol. The normalized spacial score (nSPS) is 13.3. The summed E-state index contributed by atoms with van der Waals surface area (Å²) in [4.78, 5) is 37.1. The van der Waals surface area contributed by atoms with Gasteiger partial charge in [0.2, 0.25) is 0 Å². The maximum absolute atomic E-state index is 13.2. The first-order valence-corrected chi connectivity index (χ1v) is 6.62. The van der Waals surface area contributed by atoms with E-state index in [4.69, 9.17) is 0 Å². The molecule has 23 heavy (non-hydrogen) atoms. The summed E-state index contributed by atoms with van der Waals surface area (Å²) in [5.74, 6) is -3.93. The van der Waals surface area contributed by atoms with Crippen molar-refractivity contribution in [3.05, 3.63) is 64.7 Å². The number of fused-ring (bicyclic) bond motifs is 1. The molecule has 1 heterocycles. The van der Waals surface area contributed by atoms with E-state index in [9.17, 15) is 23.2 Å². The quantitative estimate of drug-likeness (QED) is 0.865. The topological polar surface area (TPSA) is 66.5 Å². The van der Waals surface area contributed by atoms with Gasteiger partial charge in [-0.25, -0.2) is 8.78 Å². The molecule has 1 aliphatic heterocycles. The second-order valence-corrected chi connectivity index (χ2v) is 4.98. The van der Waals surface area contributed by atoms with Gasteiger partial charge < -0.3 is 5.32 Å². The molecule has 2 aromatic carbocycles. The Morgan fingerprint density at radius 1 is 1.04 bits per heavy atom. The van der Waals surface area contributed by atoms with E-state index >= 15 is 0 Å². The van der Waals surface area contributed by atoms with Crippen molar-refractivity contribution < 1.29 is 23.2 Å². The van der Waals surface area contributed by atoms with Crippen LogP contribution >= 0.6 is 0 Å². The number of hydrogen-bond acceptors (Lipinski definition) is 3. The molecule has 3 rings (SSSR count). The molecule has 0 bridgehead atoms. The molecule has 0 atom stereocenters. The van der Waals surface area contributed by atoms with Crippen LogP contribution in [0, 0.1) is 11.6 Å². The minimum absolute atomic E-state index is 0.0796. The van der Waals surface area contributed by atoms with E-state index in [0.717, 1.165) is 23.1 Å². The molecule has 7 heteroatoms. The molecule has 0 aromatic heterocycles. The van der Waals surface area contributed by atoms with Crippen LogP contribution in [0.1, 0.15) is 31.1 Å². The van der Waals surface area contributed by atoms with E-state index in [1.807, 2.05) is 0 Å².